The standard InChI is InChI=1S/C21H21N3O3S/c1-14-19(15(2)27-24-14)20(25)23-21(28)22-17-9-6-10-18(13-17)26-12-11-16-7-4-3-5-8-16/h3-10,13H,11-12H2,1-2H3,(H2,22,23,25,28). The summed E-state index contributed by atoms with van der Waals surface area (Å²) in [6.07, 6.45) is 0.824. The van der Waals surface area contributed by atoms with Gasteiger partial charge in [-0.1, -0.05) is 41.6 Å². The minimum absolute atomic E-state index is 0.187. The molecular formula is C21H21N3O3S. The number of nitrogens with one attached hydrogen (secondary N) is 2. The predicted molar refractivity (Wildman–Crippen MR) is 112 cm³/mol. The first-order chi connectivity index (χ1) is 13.5. The highest BCUT2D eigenvalue weighted by Gasteiger charge is 2.18. The average molecular weight is 395 g/mol. The molecular weight excluding hydrogens is 374 g/mol. The molecule has 2 aromatic carbocycles. The van der Waals surface area contributed by atoms with E-state index < -0.39 is 0 Å². The molecule has 0 unspecified atom stereocenters. The van der Waals surface area contributed by atoms with Crippen LogP contribution in [0.4, 0.5) is 5.69 Å². The van der Waals surface area contributed by atoms with Crippen LogP contribution in [0.1, 0.15) is 27.4 Å². The summed E-state index contributed by atoms with van der Waals surface area (Å²) >= 11 is 5.23. The van der Waals surface area contributed by atoms with E-state index in [1.165, 1.54) is 5.56 Å². The third kappa shape index (κ3) is 5.17. The highest BCUT2D eigenvalue weighted by Crippen LogP contribution is 2.18. The molecule has 3 rings (SSSR count). The quantitative estimate of drug-likeness (QED) is 0.614. The van der Waals surface area contributed by atoms with Crippen molar-refractivity contribution >= 4 is 28.9 Å². The molecule has 0 aliphatic rings. The summed E-state index contributed by atoms with van der Waals surface area (Å²) in [7, 11) is 0. The number of carbonyl (C=O) groups is 1. The van der Waals surface area contributed by atoms with E-state index in [-0.39, 0.29) is 11.0 Å². The van der Waals surface area contributed by atoms with Crippen molar-refractivity contribution in [3.63, 3.8) is 0 Å². The molecule has 144 valence electrons. The summed E-state index contributed by atoms with van der Waals surface area (Å²) in [6, 6.07) is 17.6. The number of hydrogen-bond donors (Lipinski definition) is 2. The number of hydrogen-bond acceptors (Lipinski definition) is 5. The highest BCUT2D eigenvalue weighted by molar-refractivity contribution is 7.80. The van der Waals surface area contributed by atoms with Crippen LogP contribution in [0.25, 0.3) is 0 Å². The predicted octanol–water partition coefficient (Wildman–Crippen LogP) is 4.04. The molecule has 0 aliphatic carbocycles. The Bertz CT molecular complexity index is 951. The normalized spacial score (nSPS) is 10.4. The number of thiocarbonyl (C=S) groups is 1. The Labute approximate surface area is 168 Å². The molecule has 1 aromatic heterocycles. The first-order valence-electron chi connectivity index (χ1n) is 8.85. The van der Waals surface area contributed by atoms with Gasteiger partial charge >= 0.3 is 0 Å². The van der Waals surface area contributed by atoms with Crippen LogP contribution in [0.3, 0.4) is 0 Å². The Hall–Kier alpha value is -3.19. The van der Waals surface area contributed by atoms with Crippen LogP contribution in [0, 0.1) is 13.8 Å². The lowest BCUT2D eigenvalue weighted by atomic mass is 10.2. The molecule has 6 nitrogen and oxygen atoms in total. The van der Waals surface area contributed by atoms with E-state index in [1.54, 1.807) is 13.8 Å². The fourth-order valence-corrected chi connectivity index (χ4v) is 2.94. The van der Waals surface area contributed by atoms with Gasteiger partial charge in [-0.3, -0.25) is 10.1 Å². The molecule has 28 heavy (non-hydrogen) atoms. The van der Waals surface area contributed by atoms with E-state index in [2.05, 4.69) is 27.9 Å². The van der Waals surface area contributed by atoms with Gasteiger partial charge in [-0.15, -0.1) is 0 Å². The van der Waals surface area contributed by atoms with E-state index in [1.807, 2.05) is 42.5 Å². The molecule has 0 bridgehead atoms. The lowest BCUT2D eigenvalue weighted by molar-refractivity contribution is 0.0976. The van der Waals surface area contributed by atoms with Gasteiger partial charge < -0.3 is 14.6 Å². The zero-order valence-corrected chi connectivity index (χ0v) is 16.5. The second-order valence-electron chi connectivity index (χ2n) is 6.22. The van der Waals surface area contributed by atoms with Gasteiger partial charge in [0.05, 0.1) is 12.3 Å². The van der Waals surface area contributed by atoms with Gasteiger partial charge in [0.15, 0.2) is 5.11 Å². The first kappa shape index (κ1) is 19.6. The van der Waals surface area contributed by atoms with Gasteiger partial charge in [0, 0.05) is 18.2 Å². The maximum absolute atomic E-state index is 12.3. The second kappa shape index (κ2) is 9.14. The summed E-state index contributed by atoms with van der Waals surface area (Å²) in [5, 5.41) is 9.59. The van der Waals surface area contributed by atoms with E-state index in [9.17, 15) is 4.79 Å². The highest BCUT2D eigenvalue weighted by atomic mass is 32.1. The number of rotatable bonds is 6. The molecule has 0 saturated heterocycles. The van der Waals surface area contributed by atoms with Crippen LogP contribution in [0.5, 0.6) is 5.75 Å². The Morgan fingerprint density at radius 3 is 2.64 bits per heavy atom. The van der Waals surface area contributed by atoms with Crippen molar-refractivity contribution in [1.29, 1.82) is 0 Å². The smallest absolute Gasteiger partial charge is 0.262 e. The van der Waals surface area contributed by atoms with Crippen LogP contribution in [-0.2, 0) is 6.42 Å². The molecule has 0 saturated carbocycles. The molecule has 0 aliphatic heterocycles. The maximum Gasteiger partial charge on any atom is 0.262 e. The van der Waals surface area contributed by atoms with E-state index in [0.29, 0.717) is 23.6 Å². The Morgan fingerprint density at radius 2 is 1.93 bits per heavy atom. The van der Waals surface area contributed by atoms with Crippen LogP contribution in [0.15, 0.2) is 59.1 Å². The molecule has 0 fully saturated rings. The topological polar surface area (TPSA) is 76.4 Å². The van der Waals surface area contributed by atoms with Gasteiger partial charge in [0.1, 0.15) is 17.1 Å². The maximum atomic E-state index is 12.3. The summed E-state index contributed by atoms with van der Waals surface area (Å²) in [5.41, 5.74) is 2.86. The number of anilines is 1. The third-order valence-electron chi connectivity index (χ3n) is 4.08. The average Bonchev–Trinajstić information content (AvgIpc) is 3.01. The number of nitrogens with zero attached hydrogens (tertiary/aromatic N) is 1. The van der Waals surface area contributed by atoms with E-state index in [0.717, 1.165) is 17.9 Å². The number of benzene rings is 2. The molecule has 1 heterocycles. The van der Waals surface area contributed by atoms with Gasteiger partial charge in [0.25, 0.3) is 5.91 Å². The Balaban J connectivity index is 1.53. The fraction of sp³-hybridized carbons (Fsp3) is 0.190. The van der Waals surface area contributed by atoms with Crippen LogP contribution >= 0.6 is 12.2 Å². The lowest BCUT2D eigenvalue weighted by Crippen LogP contribution is -2.34. The largest absolute Gasteiger partial charge is 0.493 e. The molecule has 2 N–H and O–H groups in total. The van der Waals surface area contributed by atoms with Gasteiger partial charge in [0.2, 0.25) is 0 Å². The van der Waals surface area contributed by atoms with Crippen molar-refractivity contribution in [2.45, 2.75) is 20.3 Å². The Morgan fingerprint density at radius 1 is 1.14 bits per heavy atom. The third-order valence-corrected chi connectivity index (χ3v) is 4.29. The molecule has 0 atom stereocenters. The molecule has 7 heteroatoms. The van der Waals surface area contributed by atoms with E-state index in [4.69, 9.17) is 21.5 Å². The van der Waals surface area contributed by atoms with Crippen molar-refractivity contribution < 1.29 is 14.1 Å². The van der Waals surface area contributed by atoms with Crippen molar-refractivity contribution in [3.8, 4) is 5.75 Å². The van der Waals surface area contributed by atoms with Crippen molar-refractivity contribution in [3.05, 3.63) is 77.2 Å². The zero-order valence-electron chi connectivity index (χ0n) is 15.7. The van der Waals surface area contributed by atoms with E-state index >= 15 is 0 Å². The first-order valence-corrected chi connectivity index (χ1v) is 9.26. The summed E-state index contributed by atoms with van der Waals surface area (Å²) < 4.78 is 10.8. The second-order valence-corrected chi connectivity index (χ2v) is 6.63. The number of aromatic nitrogens is 1. The van der Waals surface area contributed by atoms with Gasteiger partial charge in [-0.2, -0.15) is 0 Å². The Kier molecular flexibility index (Phi) is 6.39. The summed E-state index contributed by atoms with van der Waals surface area (Å²) in [6.45, 7) is 3.96. The van der Waals surface area contributed by atoms with Crippen molar-refractivity contribution in [2.75, 3.05) is 11.9 Å². The van der Waals surface area contributed by atoms with Crippen molar-refractivity contribution in [1.82, 2.24) is 10.5 Å². The SMILES string of the molecule is Cc1noc(C)c1C(=O)NC(=S)Nc1cccc(OCCc2ccccc2)c1. The summed E-state index contributed by atoms with van der Waals surface area (Å²) in [4.78, 5) is 12.3. The number of ether oxygens (including phenoxy) is 1. The van der Waals surface area contributed by atoms with Gasteiger partial charge in [-0.25, -0.2) is 0 Å². The van der Waals surface area contributed by atoms with Crippen LogP contribution < -0.4 is 15.4 Å². The van der Waals surface area contributed by atoms with Crippen LogP contribution in [-0.4, -0.2) is 22.8 Å². The summed E-state index contributed by atoms with van der Waals surface area (Å²) in [5.74, 6) is 0.816. The minimum Gasteiger partial charge on any atom is -0.493 e. The van der Waals surface area contributed by atoms with Crippen LogP contribution in [0.2, 0.25) is 0 Å². The minimum atomic E-state index is -0.357. The molecule has 3 aromatic rings. The zero-order chi connectivity index (χ0) is 19.9. The number of carbonyl (C=O) groups excluding carboxylic acids is 1. The number of aryl methyl sites for hydroxylation is 2. The molecule has 1 amide bonds. The number of amides is 1. The van der Waals surface area contributed by atoms with Crippen molar-refractivity contribution in [2.24, 2.45) is 0 Å². The fourth-order valence-electron chi connectivity index (χ4n) is 2.73. The lowest BCUT2D eigenvalue weighted by Gasteiger charge is -2.11. The van der Waals surface area contributed by atoms with Gasteiger partial charge in [-0.05, 0) is 43.8 Å². The molecule has 0 radical (unpaired) electrons. The monoisotopic (exact) mass is 395 g/mol. The molecule has 0 spiro atoms.